The molecule has 2 amide bonds. The Bertz CT molecular complexity index is 939. The normalized spacial score (nSPS) is 16.6. The minimum Gasteiger partial charge on any atom is -0.463 e. The van der Waals surface area contributed by atoms with Crippen LogP contribution in [0.25, 0.3) is 0 Å². The molecule has 1 aliphatic heterocycles. The van der Waals surface area contributed by atoms with E-state index in [1.54, 1.807) is 25.1 Å². The highest BCUT2D eigenvalue weighted by Crippen LogP contribution is 2.40. The van der Waals surface area contributed by atoms with Crippen molar-refractivity contribution < 1.29 is 28.5 Å². The molecule has 0 aliphatic carbocycles. The van der Waals surface area contributed by atoms with E-state index < -0.39 is 25.2 Å². The molecular formula is C21H24ClF2N3O4. The lowest BCUT2D eigenvalue weighted by molar-refractivity contribution is 0.0679. The van der Waals surface area contributed by atoms with Crippen molar-refractivity contribution in [1.82, 2.24) is 9.88 Å². The maximum atomic E-state index is 15.6. The fourth-order valence-corrected chi connectivity index (χ4v) is 3.87. The topological polar surface area (TPSA) is 94.9 Å². The van der Waals surface area contributed by atoms with Crippen molar-refractivity contribution in [3.8, 4) is 5.75 Å². The Kier molecular flexibility index (Phi) is 7.30. The summed E-state index contributed by atoms with van der Waals surface area (Å²) < 4.78 is 32.7. The molecule has 1 atom stereocenters. The number of aryl methyl sites for hydroxylation is 1. The number of carbonyl (C=O) groups excluding carboxylic acids is 1. The van der Waals surface area contributed by atoms with Crippen molar-refractivity contribution in [3.05, 3.63) is 52.3 Å². The number of piperidine rings is 1. The number of halogens is 3. The van der Waals surface area contributed by atoms with Crippen molar-refractivity contribution >= 4 is 23.3 Å². The van der Waals surface area contributed by atoms with Crippen molar-refractivity contribution in [1.29, 1.82) is 0 Å². The number of carbonyl (C=O) groups is 1. The molecule has 10 heteroatoms. The van der Waals surface area contributed by atoms with Gasteiger partial charge in [-0.1, -0.05) is 11.6 Å². The van der Waals surface area contributed by atoms with Crippen LogP contribution in [0.2, 0.25) is 5.02 Å². The zero-order valence-electron chi connectivity index (χ0n) is 16.9. The second kappa shape index (κ2) is 9.76. The number of aliphatic hydroxyl groups excluding tert-OH is 2. The molecule has 1 saturated heterocycles. The Hall–Kier alpha value is -2.49. The summed E-state index contributed by atoms with van der Waals surface area (Å²) in [4.78, 5) is 18.1. The molecule has 3 N–H and O–H groups in total. The van der Waals surface area contributed by atoms with Gasteiger partial charge in [-0.15, -0.1) is 0 Å². The van der Waals surface area contributed by atoms with Gasteiger partial charge in [-0.05, 0) is 36.8 Å². The number of amides is 2. The summed E-state index contributed by atoms with van der Waals surface area (Å²) >= 11 is 6.19. The second-order valence-electron chi connectivity index (χ2n) is 7.41. The summed E-state index contributed by atoms with van der Waals surface area (Å²) in [5.74, 6) is 0.391. The number of rotatable bonds is 6. The van der Waals surface area contributed by atoms with Gasteiger partial charge in [0.25, 0.3) is 0 Å². The van der Waals surface area contributed by atoms with E-state index in [1.807, 2.05) is 0 Å². The van der Waals surface area contributed by atoms with Gasteiger partial charge >= 0.3 is 6.03 Å². The molecule has 2 aromatic rings. The second-order valence-corrected chi connectivity index (χ2v) is 7.82. The minimum atomic E-state index is -1.81. The number of hydrogen-bond donors (Lipinski definition) is 3. The molecule has 0 unspecified atom stereocenters. The number of nitrogens with one attached hydrogen (secondary N) is 1. The first-order valence-corrected chi connectivity index (χ1v) is 10.1. The molecule has 7 nitrogen and oxygen atoms in total. The quantitative estimate of drug-likeness (QED) is 0.614. The Morgan fingerprint density at radius 2 is 2.10 bits per heavy atom. The minimum absolute atomic E-state index is 0.0113. The maximum absolute atomic E-state index is 15.6. The molecule has 3 rings (SSSR count). The monoisotopic (exact) mass is 455 g/mol. The molecular weight excluding hydrogens is 432 g/mol. The summed E-state index contributed by atoms with van der Waals surface area (Å²) in [7, 11) is 0. The maximum Gasteiger partial charge on any atom is 0.321 e. The highest BCUT2D eigenvalue weighted by molar-refractivity contribution is 6.31. The van der Waals surface area contributed by atoms with E-state index in [9.17, 15) is 14.3 Å². The number of nitrogens with zero attached hydrogens (tertiary/aromatic N) is 2. The zero-order chi connectivity index (χ0) is 22.6. The van der Waals surface area contributed by atoms with Gasteiger partial charge < -0.3 is 25.2 Å². The lowest BCUT2D eigenvalue weighted by Crippen LogP contribution is -2.45. The number of anilines is 1. The standard InChI is InChI=1S/C21H24ClF2N3O4/c1-13-8-15(2-3-18(13)31-12-23)26-20(30)27-6-4-21(24,5-7-27)19-16(22)9-14(10-25-19)17(29)11-28/h2-3,8-10,17,28-29H,4-7,11-12H2,1H3,(H,26,30)/t17-/m0/s1. The Labute approximate surface area is 183 Å². The number of likely N-dealkylation sites (tertiary alicyclic amines) is 1. The first-order valence-electron chi connectivity index (χ1n) is 9.76. The van der Waals surface area contributed by atoms with Crippen molar-refractivity contribution in [2.24, 2.45) is 0 Å². The van der Waals surface area contributed by atoms with Crippen LogP contribution >= 0.6 is 11.6 Å². The van der Waals surface area contributed by atoms with Gasteiger partial charge in [0.1, 0.15) is 11.9 Å². The zero-order valence-corrected chi connectivity index (χ0v) is 17.7. The highest BCUT2D eigenvalue weighted by Gasteiger charge is 2.40. The summed E-state index contributed by atoms with van der Waals surface area (Å²) in [5, 5.41) is 21.5. The van der Waals surface area contributed by atoms with E-state index in [2.05, 4.69) is 10.3 Å². The summed E-state index contributed by atoms with van der Waals surface area (Å²) in [6.07, 6.45) is 0.178. The predicted octanol–water partition coefficient (Wildman–Crippen LogP) is 3.87. The van der Waals surface area contributed by atoms with Crippen LogP contribution in [0.15, 0.2) is 30.5 Å². The third-order valence-electron chi connectivity index (χ3n) is 5.32. The fourth-order valence-electron chi connectivity index (χ4n) is 3.52. The third-order valence-corrected chi connectivity index (χ3v) is 5.61. The van der Waals surface area contributed by atoms with Crippen molar-refractivity contribution in [2.75, 3.05) is 31.9 Å². The molecule has 31 heavy (non-hydrogen) atoms. The summed E-state index contributed by atoms with van der Waals surface area (Å²) in [6.45, 7) is 0.621. The number of ether oxygens (including phenoxy) is 1. The van der Waals surface area contributed by atoms with Crippen LogP contribution in [0.4, 0.5) is 19.3 Å². The Morgan fingerprint density at radius 1 is 1.39 bits per heavy atom. The number of aromatic nitrogens is 1. The molecule has 0 radical (unpaired) electrons. The fraction of sp³-hybridized carbons (Fsp3) is 0.429. The van der Waals surface area contributed by atoms with Crippen molar-refractivity contribution in [2.45, 2.75) is 31.5 Å². The van der Waals surface area contributed by atoms with Crippen LogP contribution < -0.4 is 10.1 Å². The number of hydrogen-bond acceptors (Lipinski definition) is 5. The molecule has 1 aliphatic rings. The van der Waals surface area contributed by atoms with E-state index in [0.717, 1.165) is 0 Å². The molecule has 2 heterocycles. The highest BCUT2D eigenvalue weighted by atomic mass is 35.5. The lowest BCUT2D eigenvalue weighted by Gasteiger charge is -2.36. The van der Waals surface area contributed by atoms with Gasteiger partial charge in [0.15, 0.2) is 5.67 Å². The first kappa shape index (κ1) is 23.2. The SMILES string of the molecule is Cc1cc(NC(=O)N2CCC(F)(c3ncc([C@@H](O)CO)cc3Cl)CC2)ccc1OCF. The number of aliphatic hydroxyl groups is 2. The van der Waals surface area contributed by atoms with E-state index in [4.69, 9.17) is 21.4 Å². The van der Waals surface area contributed by atoms with E-state index >= 15 is 4.39 Å². The van der Waals surface area contributed by atoms with E-state index in [1.165, 1.54) is 17.2 Å². The number of alkyl halides is 2. The largest absolute Gasteiger partial charge is 0.463 e. The van der Waals surface area contributed by atoms with Gasteiger partial charge in [0, 0.05) is 43.4 Å². The van der Waals surface area contributed by atoms with Gasteiger partial charge in [0.05, 0.1) is 17.3 Å². The number of benzene rings is 1. The number of pyridine rings is 1. The first-order chi connectivity index (χ1) is 14.8. The van der Waals surface area contributed by atoms with Crippen LogP contribution in [0.3, 0.4) is 0 Å². The lowest BCUT2D eigenvalue weighted by atomic mass is 9.89. The molecule has 1 aromatic carbocycles. The van der Waals surface area contributed by atoms with Gasteiger partial charge in [-0.25, -0.2) is 13.6 Å². The third kappa shape index (κ3) is 5.23. The molecule has 0 spiro atoms. The van der Waals surface area contributed by atoms with Crippen LogP contribution in [0.1, 0.15) is 35.8 Å². The Balaban J connectivity index is 1.63. The number of urea groups is 1. The Morgan fingerprint density at radius 3 is 2.68 bits per heavy atom. The van der Waals surface area contributed by atoms with Crippen molar-refractivity contribution in [3.63, 3.8) is 0 Å². The van der Waals surface area contributed by atoms with E-state index in [-0.39, 0.29) is 42.7 Å². The van der Waals surface area contributed by atoms with Gasteiger partial charge in [0.2, 0.25) is 6.86 Å². The van der Waals surface area contributed by atoms with Gasteiger partial charge in [-0.3, -0.25) is 4.98 Å². The molecule has 0 saturated carbocycles. The smallest absolute Gasteiger partial charge is 0.321 e. The average Bonchev–Trinajstić information content (AvgIpc) is 2.75. The molecule has 1 fully saturated rings. The van der Waals surface area contributed by atoms with Crippen LogP contribution in [0, 0.1) is 6.92 Å². The van der Waals surface area contributed by atoms with Crippen LogP contribution in [-0.4, -0.2) is 52.7 Å². The molecule has 168 valence electrons. The van der Waals surface area contributed by atoms with Gasteiger partial charge in [-0.2, -0.15) is 0 Å². The summed E-state index contributed by atoms with van der Waals surface area (Å²) in [5.41, 5.74) is -0.253. The van der Waals surface area contributed by atoms with E-state index in [0.29, 0.717) is 22.6 Å². The van der Waals surface area contributed by atoms with Crippen LogP contribution in [0.5, 0.6) is 5.75 Å². The molecule has 1 aromatic heterocycles. The van der Waals surface area contributed by atoms with Crippen LogP contribution in [-0.2, 0) is 5.67 Å². The average molecular weight is 456 g/mol. The predicted molar refractivity (Wildman–Crippen MR) is 112 cm³/mol. The summed E-state index contributed by atoms with van der Waals surface area (Å²) in [6, 6.07) is 5.85. The molecule has 0 bridgehead atoms.